The molecule has 1 aromatic heterocycles. The Kier molecular flexibility index (Phi) is 5.64. The third-order valence-electron chi connectivity index (χ3n) is 5.28. The van der Waals surface area contributed by atoms with E-state index in [0.29, 0.717) is 5.52 Å². The van der Waals surface area contributed by atoms with Gasteiger partial charge in [-0.05, 0) is 71.6 Å². The number of hydrogen-bond donors (Lipinski definition) is 3. The van der Waals surface area contributed by atoms with E-state index in [1.165, 1.54) is 0 Å². The second-order valence-corrected chi connectivity index (χ2v) is 9.55. The summed E-state index contributed by atoms with van der Waals surface area (Å²) in [5.41, 5.74) is 1.11. The van der Waals surface area contributed by atoms with Crippen molar-refractivity contribution in [3.63, 3.8) is 0 Å². The number of ether oxygens (including phenoxy) is 1. The van der Waals surface area contributed by atoms with Gasteiger partial charge in [-0.1, -0.05) is 12.1 Å². The molecule has 0 spiro atoms. The van der Waals surface area contributed by atoms with Crippen LogP contribution in [0.2, 0.25) is 0 Å². The molecule has 3 N–H and O–H groups in total. The molecule has 1 saturated heterocycles. The average Bonchev–Trinajstić information content (AvgIpc) is 3.04. The molecular formula is C21H30BN3O5. The summed E-state index contributed by atoms with van der Waals surface area (Å²) in [6.45, 7) is 13.5. The Morgan fingerprint density at radius 2 is 1.73 bits per heavy atom. The molecule has 0 radical (unpaired) electrons. The number of carbonyl (C=O) groups excluding carboxylic acids is 1. The summed E-state index contributed by atoms with van der Waals surface area (Å²) in [6.07, 6.45) is 1.37. The molecule has 8 nitrogen and oxygen atoms in total. The van der Waals surface area contributed by atoms with Crippen molar-refractivity contribution in [2.75, 3.05) is 6.54 Å². The van der Waals surface area contributed by atoms with Crippen LogP contribution in [0.25, 0.3) is 17.1 Å². The Morgan fingerprint density at radius 1 is 1.13 bits per heavy atom. The lowest BCUT2D eigenvalue weighted by Gasteiger charge is -2.32. The number of amides is 1. The van der Waals surface area contributed by atoms with Crippen molar-refractivity contribution < 1.29 is 18.8 Å². The molecule has 1 aromatic carbocycles. The first-order chi connectivity index (χ1) is 13.8. The summed E-state index contributed by atoms with van der Waals surface area (Å²) in [6, 6.07) is 5.55. The third kappa shape index (κ3) is 4.96. The van der Waals surface area contributed by atoms with E-state index >= 15 is 0 Å². The number of nitrogens with one attached hydrogen (secondary N) is 3. The van der Waals surface area contributed by atoms with E-state index in [-0.39, 0.29) is 12.2 Å². The number of hydrogen-bond acceptors (Lipinski definition) is 5. The van der Waals surface area contributed by atoms with Crippen molar-refractivity contribution >= 4 is 30.3 Å². The van der Waals surface area contributed by atoms with Crippen LogP contribution in [0.3, 0.4) is 0 Å². The molecule has 30 heavy (non-hydrogen) atoms. The minimum absolute atomic E-state index is 0.188. The van der Waals surface area contributed by atoms with Gasteiger partial charge in [-0.3, -0.25) is 0 Å². The van der Waals surface area contributed by atoms with Crippen LogP contribution in [0.1, 0.15) is 54.0 Å². The second-order valence-electron chi connectivity index (χ2n) is 9.55. The van der Waals surface area contributed by atoms with E-state index in [1.807, 2.05) is 72.7 Å². The zero-order valence-corrected chi connectivity index (χ0v) is 18.6. The van der Waals surface area contributed by atoms with Gasteiger partial charge in [0, 0.05) is 6.54 Å². The zero-order chi connectivity index (χ0) is 22.3. The first-order valence-electron chi connectivity index (χ1n) is 10.0. The van der Waals surface area contributed by atoms with E-state index in [2.05, 4.69) is 15.3 Å². The van der Waals surface area contributed by atoms with Crippen molar-refractivity contribution in [2.45, 2.75) is 65.3 Å². The van der Waals surface area contributed by atoms with E-state index in [1.54, 1.807) is 0 Å². The fourth-order valence-electron chi connectivity index (χ4n) is 3.04. The Hall–Kier alpha value is -2.52. The molecule has 1 aliphatic rings. The quantitative estimate of drug-likeness (QED) is 0.664. The zero-order valence-electron chi connectivity index (χ0n) is 18.6. The lowest BCUT2D eigenvalue weighted by molar-refractivity contribution is 0.00578. The normalized spacial score (nSPS) is 18.6. The van der Waals surface area contributed by atoms with Crippen molar-refractivity contribution in [1.29, 1.82) is 0 Å². The molecule has 0 aliphatic carbocycles. The van der Waals surface area contributed by atoms with Crippen molar-refractivity contribution in [3.05, 3.63) is 39.7 Å². The number of H-pyrrole nitrogens is 2. The molecule has 2 aromatic rings. The molecule has 1 aliphatic heterocycles. The Morgan fingerprint density at radius 3 is 2.33 bits per heavy atom. The highest BCUT2D eigenvalue weighted by atomic mass is 16.7. The predicted molar refractivity (Wildman–Crippen MR) is 117 cm³/mol. The fourth-order valence-corrected chi connectivity index (χ4v) is 3.04. The first-order valence-corrected chi connectivity index (χ1v) is 10.0. The number of aromatic nitrogens is 2. The number of rotatable bonds is 4. The third-order valence-corrected chi connectivity index (χ3v) is 5.28. The van der Waals surface area contributed by atoms with Gasteiger partial charge < -0.3 is 29.3 Å². The maximum atomic E-state index is 12.2. The molecule has 1 amide bonds. The van der Waals surface area contributed by atoms with Crippen LogP contribution in [-0.2, 0) is 14.0 Å². The topological polar surface area (TPSA) is 105 Å². The average molecular weight is 415 g/mol. The van der Waals surface area contributed by atoms with E-state index in [0.717, 1.165) is 16.6 Å². The maximum Gasteiger partial charge on any atom is 0.492 e. The molecule has 9 heteroatoms. The Bertz CT molecular complexity index is 1010. The van der Waals surface area contributed by atoms with Gasteiger partial charge in [0.1, 0.15) is 5.60 Å². The van der Waals surface area contributed by atoms with Crippen LogP contribution in [0.5, 0.6) is 0 Å². The van der Waals surface area contributed by atoms with E-state index in [9.17, 15) is 9.59 Å². The van der Waals surface area contributed by atoms with Crippen LogP contribution in [0, 0.1) is 0 Å². The lowest BCUT2D eigenvalue weighted by atomic mass is 9.77. The first kappa shape index (κ1) is 22.2. The van der Waals surface area contributed by atoms with Gasteiger partial charge in [-0.25, -0.2) is 9.59 Å². The summed E-state index contributed by atoms with van der Waals surface area (Å²) in [7, 11) is -0.633. The number of fused-ring (bicyclic) bond motifs is 1. The van der Waals surface area contributed by atoms with E-state index in [4.69, 9.17) is 14.0 Å². The molecular weight excluding hydrogens is 385 g/mol. The number of alkyl carbamates (subject to hydrolysis) is 1. The Labute approximate surface area is 176 Å². The van der Waals surface area contributed by atoms with Crippen LogP contribution in [0.15, 0.2) is 28.5 Å². The minimum Gasteiger partial charge on any atom is -0.444 e. The van der Waals surface area contributed by atoms with Gasteiger partial charge in [0.2, 0.25) is 0 Å². The molecule has 162 valence electrons. The smallest absolute Gasteiger partial charge is 0.444 e. The van der Waals surface area contributed by atoms with Gasteiger partial charge in [0.15, 0.2) is 0 Å². The number of imidazole rings is 1. The lowest BCUT2D eigenvalue weighted by Crippen LogP contribution is -2.41. The molecule has 0 saturated carbocycles. The number of carbonyl (C=O) groups is 1. The SMILES string of the molecule is CC(C)(C)OC(=O)NCC(=Cc1ccc2[nH]c(=O)[nH]c2c1)B1OC(C)(C)C(C)(C)O1. The molecule has 3 rings (SSSR count). The highest BCUT2D eigenvalue weighted by Crippen LogP contribution is 2.38. The summed E-state index contributed by atoms with van der Waals surface area (Å²) in [4.78, 5) is 29.2. The summed E-state index contributed by atoms with van der Waals surface area (Å²) >= 11 is 0. The minimum atomic E-state index is -0.633. The van der Waals surface area contributed by atoms with Crippen molar-refractivity contribution in [2.24, 2.45) is 0 Å². The van der Waals surface area contributed by atoms with Gasteiger partial charge in [0.25, 0.3) is 0 Å². The Balaban J connectivity index is 1.89. The fraction of sp³-hybridized carbons (Fsp3) is 0.524. The number of aromatic amines is 2. The van der Waals surface area contributed by atoms with Crippen LogP contribution in [0.4, 0.5) is 4.79 Å². The van der Waals surface area contributed by atoms with Gasteiger partial charge in [-0.15, -0.1) is 0 Å². The second kappa shape index (κ2) is 7.63. The van der Waals surface area contributed by atoms with Gasteiger partial charge in [-0.2, -0.15) is 0 Å². The monoisotopic (exact) mass is 415 g/mol. The molecule has 1 fully saturated rings. The maximum absolute atomic E-state index is 12.2. The van der Waals surface area contributed by atoms with E-state index < -0.39 is 30.0 Å². The largest absolute Gasteiger partial charge is 0.492 e. The van der Waals surface area contributed by atoms with Gasteiger partial charge >= 0.3 is 18.9 Å². The van der Waals surface area contributed by atoms with Crippen LogP contribution >= 0.6 is 0 Å². The highest BCUT2D eigenvalue weighted by Gasteiger charge is 2.52. The predicted octanol–water partition coefficient (Wildman–Crippen LogP) is 3.40. The van der Waals surface area contributed by atoms with Crippen LogP contribution < -0.4 is 11.0 Å². The summed E-state index contributed by atoms with van der Waals surface area (Å²) in [5, 5.41) is 2.78. The molecule has 0 bridgehead atoms. The molecule has 0 unspecified atom stereocenters. The van der Waals surface area contributed by atoms with Crippen molar-refractivity contribution in [3.8, 4) is 0 Å². The summed E-state index contributed by atoms with van der Waals surface area (Å²) < 4.78 is 17.7. The summed E-state index contributed by atoms with van der Waals surface area (Å²) in [5.74, 6) is 0. The molecule has 0 atom stereocenters. The van der Waals surface area contributed by atoms with Crippen LogP contribution in [-0.4, -0.2) is 46.5 Å². The molecule has 2 heterocycles. The standard InChI is InChI=1S/C21H30BN3O5/c1-19(2,3)28-18(27)23-12-14(22-29-20(4,5)21(6,7)30-22)10-13-8-9-15-16(11-13)25-17(26)24-15/h8-11H,12H2,1-7H3,(H,23,27)(H2,24,25,26). The van der Waals surface area contributed by atoms with Crippen molar-refractivity contribution in [1.82, 2.24) is 15.3 Å². The van der Waals surface area contributed by atoms with Gasteiger partial charge in [0.05, 0.1) is 22.2 Å². The number of benzene rings is 1. The highest BCUT2D eigenvalue weighted by molar-refractivity contribution is 6.56.